The number of carbonyl (C=O) groups excluding carboxylic acids is 1. The minimum atomic E-state index is -6.43. The molecule has 3 unspecified atom stereocenters. The molecule has 2 aromatic carbocycles. The van der Waals surface area contributed by atoms with E-state index in [1.807, 2.05) is 71.9 Å². The van der Waals surface area contributed by atoms with Crippen molar-refractivity contribution in [2.75, 3.05) is 5.75 Å². The Morgan fingerprint density at radius 3 is 1.71 bits per heavy atom. The Labute approximate surface area is 235 Å². The van der Waals surface area contributed by atoms with Gasteiger partial charge >= 0.3 is 23.9 Å². The highest BCUT2D eigenvalue weighted by Gasteiger charge is 2.75. The third kappa shape index (κ3) is 5.49. The van der Waals surface area contributed by atoms with Crippen LogP contribution in [-0.4, -0.2) is 42.6 Å². The van der Waals surface area contributed by atoms with E-state index in [0.29, 0.717) is 11.1 Å². The summed E-state index contributed by atoms with van der Waals surface area (Å²) in [5.41, 5.74) is -1.51. The highest BCUT2D eigenvalue weighted by atomic mass is 32.2. The maximum Gasteiger partial charge on any atom is 0.438 e. The summed E-state index contributed by atoms with van der Waals surface area (Å²) in [6.45, 7) is 11.8. The first-order valence-corrected chi connectivity index (χ1v) is 14.5. The molecule has 0 heterocycles. The average molecular weight is 606 g/mol. The molecule has 12 heteroatoms. The maximum atomic E-state index is 13.9. The number of benzene rings is 2. The van der Waals surface area contributed by atoms with Crippen molar-refractivity contribution in [3.8, 4) is 0 Å². The van der Waals surface area contributed by atoms with Crippen LogP contribution in [-0.2, 0) is 30.5 Å². The van der Waals surface area contributed by atoms with Gasteiger partial charge in [0.1, 0.15) is 0 Å². The highest BCUT2D eigenvalue weighted by molar-refractivity contribution is 7.85. The molecular weight excluding hydrogens is 574 g/mol. The number of rotatable bonds is 4. The van der Waals surface area contributed by atoms with Crippen molar-refractivity contribution in [3.63, 3.8) is 0 Å². The van der Waals surface area contributed by atoms with Crippen LogP contribution in [0, 0.1) is 5.92 Å². The Hall–Kier alpha value is -2.60. The van der Waals surface area contributed by atoms with Crippen LogP contribution in [0.5, 0.6) is 0 Å². The number of esters is 1. The zero-order valence-electron chi connectivity index (χ0n) is 23.3. The van der Waals surface area contributed by atoms with E-state index >= 15 is 0 Å². The maximum absolute atomic E-state index is 13.9. The molecule has 0 N–H and O–H groups in total. The van der Waals surface area contributed by atoms with E-state index in [2.05, 4.69) is 4.74 Å². The van der Waals surface area contributed by atoms with Gasteiger partial charge in [-0.3, -0.25) is 4.79 Å². The molecule has 0 aromatic heterocycles. The molecule has 0 radical (unpaired) electrons. The summed E-state index contributed by atoms with van der Waals surface area (Å²) in [6.07, 6.45) is -13.0. The molecule has 3 aliphatic rings. The van der Waals surface area contributed by atoms with Crippen molar-refractivity contribution in [1.82, 2.24) is 0 Å². The lowest BCUT2D eigenvalue weighted by Gasteiger charge is -2.46. The molecule has 3 aliphatic carbocycles. The smallest absolute Gasteiger partial charge is 0.438 e. The molecule has 0 spiro atoms. The molecule has 226 valence electrons. The number of hydrogen-bond donors (Lipinski definition) is 0. The topological polar surface area (TPSA) is 83.5 Å². The van der Waals surface area contributed by atoms with Crippen molar-refractivity contribution >= 4 is 16.1 Å². The summed E-state index contributed by atoms with van der Waals surface area (Å²) >= 11 is 0. The number of halogens is 6. The lowest BCUT2D eigenvalue weighted by Crippen LogP contribution is -2.64. The number of fused-ring (bicyclic) bond motifs is 1. The van der Waals surface area contributed by atoms with Crippen LogP contribution in [0.15, 0.2) is 36.4 Å². The first-order chi connectivity index (χ1) is 18.4. The molecule has 5 nitrogen and oxygen atoms in total. The molecule has 41 heavy (non-hydrogen) atoms. The molecule has 5 rings (SSSR count). The summed E-state index contributed by atoms with van der Waals surface area (Å²) in [5.74, 6) is -7.86. The third-order valence-electron chi connectivity index (χ3n) is 8.09. The minimum Gasteiger partial charge on any atom is -0.748 e. The molecule has 0 saturated heterocycles. The summed E-state index contributed by atoms with van der Waals surface area (Å²) in [7, 11) is -6.14. The van der Waals surface area contributed by atoms with Gasteiger partial charge in [0.15, 0.2) is 0 Å². The van der Waals surface area contributed by atoms with Gasteiger partial charge in [0.2, 0.25) is 0 Å². The fourth-order valence-electron chi connectivity index (χ4n) is 5.86. The van der Waals surface area contributed by atoms with Gasteiger partial charge in [-0.15, -0.1) is 0 Å². The van der Waals surface area contributed by atoms with E-state index in [0.717, 1.165) is 22.3 Å². The molecule has 0 fully saturated rings. The van der Waals surface area contributed by atoms with Gasteiger partial charge in [0.25, 0.3) is 0 Å². The van der Waals surface area contributed by atoms with Crippen molar-refractivity contribution < 1.29 is 48.8 Å². The summed E-state index contributed by atoms with van der Waals surface area (Å²) in [5, 5.41) is 0. The van der Waals surface area contributed by atoms with Crippen LogP contribution in [0.2, 0.25) is 0 Å². The van der Waals surface area contributed by atoms with Gasteiger partial charge in [-0.2, -0.15) is 26.3 Å². The zero-order valence-corrected chi connectivity index (χ0v) is 24.1. The standard InChI is InChI=1S/C29H32F6O5S/c1-25(2,3)15-8-10-18-19(11-15)20-13-22(23(18)21-12-16(26(4,5)6)7-9-17(20)21)24(36)40-27(28(30,31)32,29(33,34)35)14-41(37,38)39/h7-12,20,22-23H,13-14H2,1-6H3,(H,37,38,39)/p-1. The van der Waals surface area contributed by atoms with Crippen molar-refractivity contribution in [1.29, 1.82) is 0 Å². The second kappa shape index (κ2) is 9.45. The number of hydrogen-bond acceptors (Lipinski definition) is 5. The van der Waals surface area contributed by atoms with Crippen molar-refractivity contribution in [2.24, 2.45) is 5.92 Å². The van der Waals surface area contributed by atoms with E-state index in [9.17, 15) is 44.1 Å². The van der Waals surface area contributed by atoms with E-state index in [1.165, 1.54) is 0 Å². The normalized spacial score (nSPS) is 21.3. The van der Waals surface area contributed by atoms with Crippen LogP contribution >= 0.6 is 0 Å². The van der Waals surface area contributed by atoms with Gasteiger partial charge in [0.05, 0.1) is 21.8 Å². The summed E-state index contributed by atoms with van der Waals surface area (Å²) in [4.78, 5) is 13.4. The van der Waals surface area contributed by atoms with Crippen molar-refractivity contribution in [2.45, 2.75) is 88.6 Å². The quantitative estimate of drug-likeness (QED) is 0.217. The zero-order chi connectivity index (χ0) is 31.1. The van der Waals surface area contributed by atoms with Gasteiger partial charge in [0, 0.05) is 11.8 Å². The summed E-state index contributed by atoms with van der Waals surface area (Å²) < 4.78 is 122. The predicted octanol–water partition coefficient (Wildman–Crippen LogP) is 6.83. The Morgan fingerprint density at radius 2 is 1.27 bits per heavy atom. The van der Waals surface area contributed by atoms with E-state index in [1.54, 1.807) is 6.07 Å². The summed E-state index contributed by atoms with van der Waals surface area (Å²) in [6, 6.07) is 11.1. The van der Waals surface area contributed by atoms with Crippen LogP contribution in [0.3, 0.4) is 0 Å². The van der Waals surface area contributed by atoms with Gasteiger partial charge in [-0.25, -0.2) is 8.42 Å². The fraction of sp³-hybridized carbons (Fsp3) is 0.552. The molecule has 0 aliphatic heterocycles. The van der Waals surface area contributed by atoms with Gasteiger partial charge in [-0.05, 0) is 50.6 Å². The Kier molecular flexibility index (Phi) is 7.23. The lowest BCUT2D eigenvalue weighted by atomic mass is 9.58. The second-order valence-electron chi connectivity index (χ2n) is 13.0. The first-order valence-electron chi connectivity index (χ1n) is 13.0. The van der Waals surface area contributed by atoms with Crippen molar-refractivity contribution in [3.05, 3.63) is 69.8 Å². The molecule has 3 atom stereocenters. The number of alkyl halides is 6. The van der Waals surface area contributed by atoms with E-state index in [4.69, 9.17) is 0 Å². The second-order valence-corrected chi connectivity index (χ2v) is 14.4. The molecule has 0 saturated carbocycles. The lowest BCUT2D eigenvalue weighted by molar-refractivity contribution is -0.362. The molecule has 2 bridgehead atoms. The fourth-order valence-corrected chi connectivity index (χ4v) is 6.75. The Morgan fingerprint density at radius 1 is 0.805 bits per heavy atom. The minimum absolute atomic E-state index is 0.151. The molecule has 2 aromatic rings. The average Bonchev–Trinajstić information content (AvgIpc) is 2.79. The number of ether oxygens (including phenoxy) is 1. The predicted molar refractivity (Wildman–Crippen MR) is 138 cm³/mol. The van der Waals surface area contributed by atoms with E-state index < -0.39 is 57.5 Å². The van der Waals surface area contributed by atoms with Crippen LogP contribution < -0.4 is 0 Å². The van der Waals surface area contributed by atoms with Crippen LogP contribution in [0.4, 0.5) is 26.3 Å². The van der Waals surface area contributed by atoms with E-state index in [-0.39, 0.29) is 17.3 Å². The Bertz CT molecular complexity index is 1460. The highest BCUT2D eigenvalue weighted by Crippen LogP contribution is 2.58. The molecular formula is C29H31F6O5S-. The van der Waals surface area contributed by atoms with Gasteiger partial charge < -0.3 is 9.29 Å². The Balaban J connectivity index is 1.89. The largest absolute Gasteiger partial charge is 0.748 e. The SMILES string of the molecule is CC(C)(C)c1ccc2c(c1)C1CC(C(=O)OC(CS(=O)(=O)[O-])(C(F)(F)F)C(F)(F)F)C2c2cc(C(C)(C)C)ccc21. The van der Waals surface area contributed by atoms with Gasteiger partial charge in [-0.1, -0.05) is 77.9 Å². The van der Waals surface area contributed by atoms with Crippen LogP contribution in [0.25, 0.3) is 0 Å². The third-order valence-corrected chi connectivity index (χ3v) is 8.85. The first kappa shape index (κ1) is 31.3. The molecule has 0 amide bonds. The number of carbonyl (C=O) groups is 1. The van der Waals surface area contributed by atoms with Crippen LogP contribution in [0.1, 0.15) is 93.2 Å². The monoisotopic (exact) mass is 605 g/mol.